The molecule has 0 radical (unpaired) electrons. The average molecular weight is 490 g/mol. The van der Waals surface area contributed by atoms with Crippen molar-refractivity contribution in [3.8, 4) is 5.75 Å². The molecule has 8 nitrogen and oxygen atoms in total. The number of nitrogens with one attached hydrogen (secondary N) is 3. The maximum atomic E-state index is 11.8. The monoisotopic (exact) mass is 489 g/mol. The van der Waals surface area contributed by atoms with Crippen molar-refractivity contribution in [2.24, 2.45) is 0 Å². The van der Waals surface area contributed by atoms with Gasteiger partial charge in [-0.1, -0.05) is 18.2 Å². The number of nitrogens with zero attached hydrogens (tertiary/aromatic N) is 2. The van der Waals surface area contributed by atoms with Crippen LogP contribution >= 0.6 is 11.8 Å². The fourth-order valence-corrected chi connectivity index (χ4v) is 5.14. The molecule has 0 atom stereocenters. The van der Waals surface area contributed by atoms with Gasteiger partial charge < -0.3 is 15.4 Å². The Balaban J connectivity index is 1.11. The Kier molecular flexibility index (Phi) is 6.96. The van der Waals surface area contributed by atoms with Crippen LogP contribution in [0.2, 0.25) is 0 Å². The smallest absolute Gasteiger partial charge is 0.290 e. The van der Waals surface area contributed by atoms with Gasteiger partial charge in [0.25, 0.3) is 11.1 Å². The van der Waals surface area contributed by atoms with Crippen molar-refractivity contribution < 1.29 is 14.3 Å². The van der Waals surface area contributed by atoms with Gasteiger partial charge in [0.1, 0.15) is 5.75 Å². The molecule has 2 aliphatic rings. The van der Waals surface area contributed by atoms with E-state index in [-0.39, 0.29) is 11.1 Å². The van der Waals surface area contributed by atoms with Crippen LogP contribution in [0.1, 0.15) is 36.9 Å². The van der Waals surface area contributed by atoms with Gasteiger partial charge in [-0.25, -0.2) is 9.97 Å². The molecule has 5 rings (SSSR count). The molecule has 1 saturated heterocycles. The van der Waals surface area contributed by atoms with Crippen molar-refractivity contribution in [3.63, 3.8) is 0 Å². The highest BCUT2D eigenvalue weighted by molar-refractivity contribution is 8.18. The maximum Gasteiger partial charge on any atom is 0.290 e. The summed E-state index contributed by atoms with van der Waals surface area (Å²) in [6, 6.07) is 15.2. The number of thioether (sulfide) groups is 1. The van der Waals surface area contributed by atoms with Crippen molar-refractivity contribution >= 4 is 45.7 Å². The van der Waals surface area contributed by atoms with E-state index in [0.29, 0.717) is 28.6 Å². The normalized spacial score (nSPS) is 21.3. The first-order valence-corrected chi connectivity index (χ1v) is 12.5. The van der Waals surface area contributed by atoms with Crippen LogP contribution in [0, 0.1) is 0 Å². The molecular weight excluding hydrogens is 462 g/mol. The van der Waals surface area contributed by atoms with E-state index in [0.717, 1.165) is 49.7 Å². The van der Waals surface area contributed by atoms with E-state index in [1.165, 1.54) is 16.3 Å². The topological polar surface area (TPSA) is 105 Å². The van der Waals surface area contributed by atoms with Crippen LogP contribution in [0.3, 0.4) is 0 Å². The molecule has 3 N–H and O–H groups in total. The van der Waals surface area contributed by atoms with Gasteiger partial charge in [-0.15, -0.1) is 0 Å². The number of carbonyl (C=O) groups excluding carboxylic acids is 2. The number of hydrogen-bond acceptors (Lipinski definition) is 8. The second kappa shape index (κ2) is 10.5. The maximum absolute atomic E-state index is 11.8. The number of aromatic nitrogens is 2. The highest BCUT2D eigenvalue weighted by atomic mass is 32.2. The molecule has 0 bridgehead atoms. The van der Waals surface area contributed by atoms with Gasteiger partial charge in [0.05, 0.1) is 17.7 Å². The first kappa shape index (κ1) is 23.3. The van der Waals surface area contributed by atoms with E-state index >= 15 is 0 Å². The molecule has 180 valence electrons. The predicted molar refractivity (Wildman–Crippen MR) is 138 cm³/mol. The number of fused-ring (bicyclic) bond motifs is 1. The Labute approximate surface area is 207 Å². The summed E-state index contributed by atoms with van der Waals surface area (Å²) in [5, 5.41) is 11.4. The lowest BCUT2D eigenvalue weighted by Gasteiger charge is -2.30. The number of rotatable bonds is 7. The van der Waals surface area contributed by atoms with Gasteiger partial charge in [-0.2, -0.15) is 0 Å². The molecule has 2 amide bonds. The van der Waals surface area contributed by atoms with Crippen LogP contribution in [-0.2, 0) is 11.3 Å². The molecule has 1 aliphatic carbocycles. The van der Waals surface area contributed by atoms with Gasteiger partial charge in [0, 0.05) is 24.8 Å². The summed E-state index contributed by atoms with van der Waals surface area (Å²) >= 11 is 0.884. The average Bonchev–Trinajstić information content (AvgIpc) is 3.19. The number of carbonyl (C=O) groups is 2. The highest BCUT2D eigenvalue weighted by Gasteiger charge is 2.25. The number of imide groups is 1. The van der Waals surface area contributed by atoms with Crippen molar-refractivity contribution in [1.29, 1.82) is 0 Å². The van der Waals surface area contributed by atoms with Crippen molar-refractivity contribution in [1.82, 2.24) is 20.6 Å². The highest BCUT2D eigenvalue weighted by Crippen LogP contribution is 2.26. The van der Waals surface area contributed by atoms with Crippen molar-refractivity contribution in [2.75, 3.05) is 12.4 Å². The zero-order valence-electron chi connectivity index (χ0n) is 19.4. The van der Waals surface area contributed by atoms with Crippen LogP contribution in [0.25, 0.3) is 16.8 Å². The minimum Gasteiger partial charge on any atom is -0.497 e. The molecule has 3 aromatic rings. The summed E-state index contributed by atoms with van der Waals surface area (Å²) in [7, 11) is 1.69. The standard InChI is InChI=1S/C26H27N5O3S/c1-34-22-9-4-17-12-16(2-3-18(17)13-22)15-28-19-5-7-20(8-6-19)29-25-27-11-10-21(30-25)14-23-24(32)31-26(33)35-23/h2-4,9-14,19-20,28H,5-8,15H2,1H3,(H,27,29,30)(H,31,32,33). The number of amides is 2. The quantitative estimate of drug-likeness (QED) is 0.418. The van der Waals surface area contributed by atoms with Gasteiger partial charge in [0.2, 0.25) is 5.95 Å². The Morgan fingerprint density at radius 2 is 1.83 bits per heavy atom. The van der Waals surface area contributed by atoms with Crippen molar-refractivity contribution in [2.45, 2.75) is 44.3 Å². The number of methoxy groups -OCH3 is 1. The SMILES string of the molecule is COc1ccc2cc(CNC3CCC(Nc4nccc(C=C5SC(=O)NC5=O)n4)CC3)ccc2c1. The zero-order chi connectivity index (χ0) is 24.2. The number of hydrogen-bond donors (Lipinski definition) is 3. The van der Waals surface area contributed by atoms with E-state index in [2.05, 4.69) is 56.3 Å². The fourth-order valence-electron chi connectivity index (χ4n) is 4.47. The number of ether oxygens (including phenoxy) is 1. The van der Waals surface area contributed by atoms with Crippen molar-refractivity contribution in [3.05, 3.63) is 64.8 Å². The molecular formula is C26H27N5O3S. The summed E-state index contributed by atoms with van der Waals surface area (Å²) in [5.74, 6) is 1.03. The van der Waals surface area contributed by atoms with Crippen LogP contribution in [-0.4, -0.2) is 40.3 Å². The molecule has 2 heterocycles. The zero-order valence-corrected chi connectivity index (χ0v) is 20.2. The molecule has 0 spiro atoms. The molecule has 0 unspecified atom stereocenters. The van der Waals surface area contributed by atoms with Gasteiger partial charge in [-0.3, -0.25) is 14.9 Å². The Morgan fingerprint density at radius 3 is 2.60 bits per heavy atom. The predicted octanol–water partition coefficient (Wildman–Crippen LogP) is 4.48. The minimum atomic E-state index is -0.386. The van der Waals surface area contributed by atoms with E-state index in [9.17, 15) is 9.59 Å². The summed E-state index contributed by atoms with van der Waals surface area (Å²) in [5.41, 5.74) is 1.87. The third-order valence-corrected chi connectivity index (χ3v) is 7.18. The fraction of sp³-hybridized carbons (Fsp3) is 0.308. The second-order valence-electron chi connectivity index (χ2n) is 8.78. The lowest BCUT2D eigenvalue weighted by atomic mass is 9.91. The van der Waals surface area contributed by atoms with E-state index < -0.39 is 0 Å². The Morgan fingerprint density at radius 1 is 1.06 bits per heavy atom. The second-order valence-corrected chi connectivity index (χ2v) is 9.79. The van der Waals surface area contributed by atoms with Gasteiger partial charge in [0.15, 0.2) is 0 Å². The Bertz CT molecular complexity index is 1290. The number of benzene rings is 2. The molecule has 2 aromatic carbocycles. The third-order valence-electron chi connectivity index (χ3n) is 6.37. The van der Waals surface area contributed by atoms with Gasteiger partial charge >= 0.3 is 0 Å². The first-order chi connectivity index (χ1) is 17.1. The van der Waals surface area contributed by atoms with E-state index in [1.807, 2.05) is 6.07 Å². The summed E-state index contributed by atoms with van der Waals surface area (Å²) in [4.78, 5) is 32.3. The minimum absolute atomic E-state index is 0.303. The van der Waals surface area contributed by atoms with E-state index in [4.69, 9.17) is 4.74 Å². The third kappa shape index (κ3) is 5.80. The molecule has 9 heteroatoms. The lowest BCUT2D eigenvalue weighted by Crippen LogP contribution is -2.36. The van der Waals surface area contributed by atoms with Gasteiger partial charge in [-0.05, 0) is 84.1 Å². The molecule has 35 heavy (non-hydrogen) atoms. The summed E-state index contributed by atoms with van der Waals surface area (Å²) in [6.07, 6.45) is 7.47. The lowest BCUT2D eigenvalue weighted by molar-refractivity contribution is -0.115. The number of anilines is 1. The first-order valence-electron chi connectivity index (χ1n) is 11.7. The summed E-state index contributed by atoms with van der Waals surface area (Å²) < 4.78 is 5.31. The van der Waals surface area contributed by atoms with Crippen LogP contribution in [0.4, 0.5) is 10.7 Å². The van der Waals surface area contributed by atoms with Crippen LogP contribution in [0.5, 0.6) is 5.75 Å². The molecule has 2 fully saturated rings. The molecule has 1 saturated carbocycles. The van der Waals surface area contributed by atoms with Crippen LogP contribution in [0.15, 0.2) is 53.6 Å². The van der Waals surface area contributed by atoms with Crippen LogP contribution < -0.4 is 20.7 Å². The molecule has 1 aromatic heterocycles. The van der Waals surface area contributed by atoms with E-state index in [1.54, 1.807) is 25.4 Å². The molecule has 1 aliphatic heterocycles. The largest absolute Gasteiger partial charge is 0.497 e. The summed E-state index contributed by atoms with van der Waals surface area (Å²) in [6.45, 7) is 0.846. The Hall–Kier alpha value is -3.43.